The molecule has 0 bridgehead atoms. The Morgan fingerprint density at radius 1 is 0.790 bits per heavy atom. The lowest BCUT2D eigenvalue weighted by Crippen LogP contribution is -2.42. The lowest BCUT2D eigenvalue weighted by molar-refractivity contribution is 0.0209. The summed E-state index contributed by atoms with van der Waals surface area (Å²) in [6.45, 7) is 14.0. The maximum Gasteiger partial charge on any atom is 0.410 e. The number of sulfone groups is 1. The van der Waals surface area contributed by atoms with Gasteiger partial charge in [-0.25, -0.2) is 47.9 Å². The van der Waals surface area contributed by atoms with Gasteiger partial charge in [-0.3, -0.25) is 0 Å². The van der Waals surface area contributed by atoms with E-state index in [2.05, 4.69) is 59.2 Å². The number of carbonyl (C=O) groups excluding carboxylic acids is 2. The molecule has 0 aromatic carbocycles. The number of nitrogens with one attached hydrogen (secondary N) is 2. The van der Waals surface area contributed by atoms with Crippen LogP contribution >= 0.6 is 70.3 Å². The zero-order valence-electron chi connectivity index (χ0n) is 34.9. The predicted octanol–water partition coefficient (Wildman–Crippen LogP) is 8.61. The number of ether oxygens (including phenoxy) is 2. The molecule has 2 saturated heterocycles. The molecule has 4 aromatic rings. The minimum absolute atomic E-state index is 0.00464. The predicted molar refractivity (Wildman–Crippen MR) is 244 cm³/mol. The third-order valence-electron chi connectivity index (χ3n) is 7.86. The van der Waals surface area contributed by atoms with E-state index < -0.39 is 21.0 Å². The minimum atomic E-state index is -3.56. The van der Waals surface area contributed by atoms with Gasteiger partial charge in [-0.1, -0.05) is 57.6 Å². The quantitative estimate of drug-likeness (QED) is 0.0891. The standard InChI is InChI=1S/C18H21ClN6O2S2.C10H19NO2S.C9H6ClN5O2S2/c1-18(2,3)27-17(26)25-6-4-11(5-7-25)28-16-22-13(19)8-14(24-16)23-15-21-10-12(9-20)29-15;1-10(2,3)13-9(12)11-6-4-8(14)5-7-11;1-19(16,17)9-13-6(10)2-7(15-9)14-8-12-4-5(3-11)18-8/h8,10-11H,4-7H2,1-3H3,(H,21,22,23,24);8,14H,4-7H2,1-3H3;2,4H,1H3,(H,12,13,14,15). The van der Waals surface area contributed by atoms with Crippen molar-refractivity contribution in [2.45, 2.75) is 99.2 Å². The molecule has 4 aromatic heterocycles. The smallest absolute Gasteiger partial charge is 0.410 e. The second-order valence-corrected chi connectivity index (χ2v) is 22.2. The van der Waals surface area contributed by atoms with E-state index in [1.54, 1.807) is 27.6 Å². The number of amides is 2. The molecular formula is C37H46Cl2N12O6S5. The van der Waals surface area contributed by atoms with E-state index in [-0.39, 0.29) is 33.6 Å². The van der Waals surface area contributed by atoms with Crippen LogP contribution in [0.2, 0.25) is 10.3 Å². The third-order valence-corrected chi connectivity index (χ3v) is 12.4. The molecule has 6 heterocycles. The van der Waals surface area contributed by atoms with Crippen molar-refractivity contribution in [3.63, 3.8) is 0 Å². The van der Waals surface area contributed by atoms with Crippen molar-refractivity contribution < 1.29 is 27.5 Å². The number of hydrogen-bond donors (Lipinski definition) is 3. The molecule has 0 atom stereocenters. The number of halogens is 2. The molecule has 2 aliphatic heterocycles. The first-order valence-electron chi connectivity index (χ1n) is 18.8. The number of thioether (sulfide) groups is 1. The molecule has 25 heteroatoms. The Morgan fingerprint density at radius 2 is 1.23 bits per heavy atom. The van der Waals surface area contributed by atoms with E-state index in [0.29, 0.717) is 54.5 Å². The molecular weight excluding hydrogens is 940 g/mol. The molecule has 0 unspecified atom stereocenters. The Morgan fingerprint density at radius 3 is 1.65 bits per heavy atom. The van der Waals surface area contributed by atoms with Crippen molar-refractivity contribution in [2.24, 2.45) is 0 Å². The minimum Gasteiger partial charge on any atom is -0.444 e. The van der Waals surface area contributed by atoms with Gasteiger partial charge >= 0.3 is 12.2 Å². The number of likely N-dealkylation sites (tertiary alicyclic amines) is 2. The van der Waals surface area contributed by atoms with Gasteiger partial charge in [-0.15, -0.1) is 0 Å². The summed E-state index contributed by atoms with van der Waals surface area (Å²) >= 11 is 20.2. The van der Waals surface area contributed by atoms with Gasteiger partial charge in [0.05, 0.1) is 12.4 Å². The maximum absolute atomic E-state index is 12.2. The van der Waals surface area contributed by atoms with Crippen molar-refractivity contribution in [1.29, 1.82) is 10.5 Å². The number of hydrogen-bond acceptors (Lipinski definition) is 20. The van der Waals surface area contributed by atoms with Crippen LogP contribution in [0.3, 0.4) is 0 Å². The Hall–Kier alpha value is -4.23. The zero-order valence-corrected chi connectivity index (χ0v) is 40.6. The number of rotatable bonds is 7. The second-order valence-electron chi connectivity index (χ2n) is 15.5. The Balaban J connectivity index is 0.000000221. The first-order chi connectivity index (χ1) is 29.0. The largest absolute Gasteiger partial charge is 0.444 e. The van der Waals surface area contributed by atoms with Crippen molar-refractivity contribution in [3.8, 4) is 12.1 Å². The van der Waals surface area contributed by atoms with Crippen molar-refractivity contribution in [2.75, 3.05) is 43.1 Å². The monoisotopic (exact) mass is 984 g/mol. The zero-order chi connectivity index (χ0) is 45.8. The molecule has 0 aliphatic carbocycles. The van der Waals surface area contributed by atoms with Crippen LogP contribution in [-0.4, -0.2) is 114 Å². The molecule has 0 saturated carbocycles. The number of carbonyl (C=O) groups is 2. The van der Waals surface area contributed by atoms with E-state index in [9.17, 15) is 18.0 Å². The average Bonchev–Trinajstić information content (AvgIpc) is 3.83. The number of thiol groups is 1. The highest BCUT2D eigenvalue weighted by atomic mass is 35.5. The van der Waals surface area contributed by atoms with E-state index >= 15 is 0 Å². The molecule has 0 radical (unpaired) electrons. The Bertz CT molecular complexity index is 2360. The maximum atomic E-state index is 12.2. The van der Waals surface area contributed by atoms with Crippen LogP contribution in [0.25, 0.3) is 0 Å². The first-order valence-corrected chi connectivity index (χ1v) is 24.5. The number of thiazole rings is 2. The summed E-state index contributed by atoms with van der Waals surface area (Å²) in [5.41, 5.74) is -0.888. The van der Waals surface area contributed by atoms with Gasteiger partial charge in [-0.05, 0) is 67.2 Å². The van der Waals surface area contributed by atoms with Gasteiger partial charge in [0, 0.05) is 55.1 Å². The molecule has 2 N–H and O–H groups in total. The first kappa shape index (κ1) is 50.4. The Kier molecular flexibility index (Phi) is 18.2. The molecule has 2 fully saturated rings. The molecule has 62 heavy (non-hydrogen) atoms. The van der Waals surface area contributed by atoms with E-state index in [4.69, 9.17) is 43.2 Å². The number of piperidine rings is 2. The normalized spacial score (nSPS) is 14.8. The van der Waals surface area contributed by atoms with Gasteiger partial charge in [0.1, 0.15) is 55.0 Å². The van der Waals surface area contributed by atoms with Crippen molar-refractivity contribution >= 4 is 114 Å². The lowest BCUT2D eigenvalue weighted by atomic mass is 10.1. The fraction of sp³-hybridized carbons (Fsp3) is 0.514. The molecule has 0 spiro atoms. The van der Waals surface area contributed by atoms with Crippen LogP contribution in [0, 0.1) is 22.7 Å². The van der Waals surface area contributed by atoms with Crippen LogP contribution in [0.5, 0.6) is 0 Å². The number of nitriles is 2. The average molecular weight is 986 g/mol. The van der Waals surface area contributed by atoms with Crippen LogP contribution in [0.1, 0.15) is 77.0 Å². The third kappa shape index (κ3) is 17.5. The highest BCUT2D eigenvalue weighted by molar-refractivity contribution is 7.99. The van der Waals surface area contributed by atoms with Crippen LogP contribution in [0.4, 0.5) is 31.5 Å². The number of nitrogens with zero attached hydrogens (tertiary/aromatic N) is 10. The van der Waals surface area contributed by atoms with Crippen LogP contribution in [-0.2, 0) is 19.3 Å². The van der Waals surface area contributed by atoms with Crippen molar-refractivity contribution in [3.05, 3.63) is 44.6 Å². The summed E-state index contributed by atoms with van der Waals surface area (Å²) in [4.78, 5) is 52.5. The Labute approximate surface area is 388 Å². The number of anilines is 4. The summed E-state index contributed by atoms with van der Waals surface area (Å²) in [7, 11) is -3.56. The van der Waals surface area contributed by atoms with Gasteiger partial charge < -0.3 is 29.9 Å². The van der Waals surface area contributed by atoms with Gasteiger partial charge in [0.2, 0.25) is 15.0 Å². The molecule has 2 aliphatic rings. The number of aromatic nitrogens is 6. The van der Waals surface area contributed by atoms with E-state index in [1.807, 2.05) is 47.6 Å². The van der Waals surface area contributed by atoms with Crippen LogP contribution in [0.15, 0.2) is 34.8 Å². The van der Waals surface area contributed by atoms with E-state index in [0.717, 1.165) is 56.4 Å². The molecule has 334 valence electrons. The second kappa shape index (κ2) is 22.4. The van der Waals surface area contributed by atoms with E-state index in [1.165, 1.54) is 29.8 Å². The summed E-state index contributed by atoms with van der Waals surface area (Å²) in [5.74, 6) is 0.719. The summed E-state index contributed by atoms with van der Waals surface area (Å²) < 4.78 is 33.5. The highest BCUT2D eigenvalue weighted by Gasteiger charge is 2.28. The van der Waals surface area contributed by atoms with Crippen molar-refractivity contribution in [1.82, 2.24) is 39.7 Å². The summed E-state index contributed by atoms with van der Waals surface area (Å²) in [6.07, 6.45) is 6.98. The van der Waals surface area contributed by atoms with Crippen LogP contribution < -0.4 is 10.6 Å². The molecule has 18 nitrogen and oxygen atoms in total. The highest BCUT2D eigenvalue weighted by Crippen LogP contribution is 2.32. The van der Waals surface area contributed by atoms with Gasteiger partial charge in [0.25, 0.3) is 0 Å². The topological polar surface area (TPSA) is 242 Å². The van der Waals surface area contributed by atoms with Gasteiger partial charge in [0.15, 0.2) is 15.4 Å². The molecule has 2 amide bonds. The lowest BCUT2D eigenvalue weighted by Gasteiger charge is -2.32. The summed E-state index contributed by atoms with van der Waals surface area (Å²) in [5, 5.41) is 25.6. The fourth-order valence-electron chi connectivity index (χ4n) is 5.13. The summed E-state index contributed by atoms with van der Waals surface area (Å²) in [6, 6.07) is 6.97. The van der Waals surface area contributed by atoms with Gasteiger partial charge in [-0.2, -0.15) is 23.2 Å². The SMILES string of the molecule is CC(C)(C)OC(=O)N1CCC(S)CC1.CC(C)(C)OC(=O)N1CCC(Sc2nc(Cl)cc(Nc3ncc(C#N)s3)n2)CC1.CS(=O)(=O)c1nc(Cl)cc(Nc2ncc(C#N)s2)n1. The fourth-order valence-corrected chi connectivity index (χ4v) is 8.65. The molecule has 6 rings (SSSR count).